The lowest BCUT2D eigenvalue weighted by atomic mass is 9.80. The topological polar surface area (TPSA) is 86.6 Å². The second kappa shape index (κ2) is 4.97. The number of halogens is 1. The molecule has 0 aliphatic heterocycles. The number of sulfonamides is 1. The van der Waals surface area contributed by atoms with E-state index in [-0.39, 0.29) is 10.4 Å². The normalized spacial score (nSPS) is 12.6. The molecule has 0 saturated heterocycles. The first-order valence-electron chi connectivity index (χ1n) is 5.22. The predicted molar refractivity (Wildman–Crippen MR) is 66.3 cm³/mol. The fraction of sp³-hybridized carbons (Fsp3) is 0.400. The Morgan fingerprint density at radius 1 is 1.28 bits per heavy atom. The fourth-order valence-corrected chi connectivity index (χ4v) is 2.78. The molecular formula is C10H15BFNO4S. The molecule has 1 aromatic carbocycles. The Labute approximate surface area is 106 Å². The Kier molecular flexibility index (Phi) is 4.17. The zero-order valence-corrected chi connectivity index (χ0v) is 11.1. The summed E-state index contributed by atoms with van der Waals surface area (Å²) in [5.74, 6) is -0.984. The van der Waals surface area contributed by atoms with Crippen LogP contribution in [0.2, 0.25) is 0 Å². The molecular weight excluding hydrogens is 260 g/mol. The summed E-state index contributed by atoms with van der Waals surface area (Å²) < 4.78 is 39.6. The van der Waals surface area contributed by atoms with Crippen LogP contribution in [0.15, 0.2) is 23.1 Å². The Balaban J connectivity index is 3.16. The highest BCUT2D eigenvalue weighted by Crippen LogP contribution is 2.13. The average molecular weight is 275 g/mol. The molecule has 0 amide bonds. The summed E-state index contributed by atoms with van der Waals surface area (Å²) in [7, 11) is -5.81. The lowest BCUT2D eigenvalue weighted by molar-refractivity contribution is 0.422. The van der Waals surface area contributed by atoms with E-state index >= 15 is 0 Å². The molecule has 0 bridgehead atoms. The summed E-state index contributed by atoms with van der Waals surface area (Å²) >= 11 is 0. The maximum atomic E-state index is 13.5. The molecule has 0 radical (unpaired) electrons. The summed E-state index contributed by atoms with van der Waals surface area (Å²) in [6.07, 6.45) is 0. The molecule has 3 N–H and O–H groups in total. The van der Waals surface area contributed by atoms with Crippen LogP contribution in [0.3, 0.4) is 0 Å². The molecule has 1 aromatic rings. The zero-order chi connectivity index (χ0) is 14.1. The van der Waals surface area contributed by atoms with Crippen LogP contribution in [-0.2, 0) is 10.0 Å². The highest BCUT2D eigenvalue weighted by Gasteiger charge is 2.24. The van der Waals surface area contributed by atoms with E-state index in [0.717, 1.165) is 18.2 Å². The molecule has 1 rings (SSSR count). The van der Waals surface area contributed by atoms with Gasteiger partial charge in [-0.2, -0.15) is 0 Å². The van der Waals surface area contributed by atoms with Gasteiger partial charge in [0.15, 0.2) is 0 Å². The lowest BCUT2D eigenvalue weighted by Crippen LogP contribution is -2.41. The third-order valence-electron chi connectivity index (χ3n) is 2.00. The van der Waals surface area contributed by atoms with Gasteiger partial charge >= 0.3 is 7.12 Å². The average Bonchev–Trinajstić information content (AvgIpc) is 2.12. The van der Waals surface area contributed by atoms with Gasteiger partial charge in [0.2, 0.25) is 10.0 Å². The molecule has 0 fully saturated rings. The van der Waals surface area contributed by atoms with Crippen molar-refractivity contribution in [2.75, 3.05) is 0 Å². The van der Waals surface area contributed by atoms with Crippen molar-refractivity contribution in [2.24, 2.45) is 0 Å². The van der Waals surface area contributed by atoms with Crippen LogP contribution >= 0.6 is 0 Å². The van der Waals surface area contributed by atoms with Gasteiger partial charge in [-0.05, 0) is 32.9 Å². The van der Waals surface area contributed by atoms with Crippen LogP contribution in [0.4, 0.5) is 4.39 Å². The second-order valence-corrected chi connectivity index (χ2v) is 6.59. The van der Waals surface area contributed by atoms with Crippen LogP contribution in [0.25, 0.3) is 0 Å². The van der Waals surface area contributed by atoms with Crippen molar-refractivity contribution in [3.05, 3.63) is 24.0 Å². The Hall–Kier alpha value is -0.955. The minimum atomic E-state index is -3.84. The first-order chi connectivity index (χ1) is 8.03. The fourth-order valence-electron chi connectivity index (χ4n) is 1.35. The highest BCUT2D eigenvalue weighted by molar-refractivity contribution is 7.89. The molecule has 0 aliphatic carbocycles. The number of hydrogen-bond donors (Lipinski definition) is 3. The van der Waals surface area contributed by atoms with Crippen molar-refractivity contribution in [2.45, 2.75) is 31.2 Å². The van der Waals surface area contributed by atoms with Crippen LogP contribution in [0.5, 0.6) is 0 Å². The number of benzene rings is 1. The predicted octanol–water partition coefficient (Wildman–Crippen LogP) is -0.418. The molecule has 5 nitrogen and oxygen atoms in total. The van der Waals surface area contributed by atoms with Crippen molar-refractivity contribution in [1.82, 2.24) is 4.72 Å². The monoisotopic (exact) mass is 275 g/mol. The number of nitrogens with one attached hydrogen (secondary N) is 1. The summed E-state index contributed by atoms with van der Waals surface area (Å²) in [4.78, 5) is -0.265. The minimum Gasteiger partial charge on any atom is -0.423 e. The van der Waals surface area contributed by atoms with E-state index in [1.807, 2.05) is 0 Å². The van der Waals surface area contributed by atoms with E-state index in [1.165, 1.54) is 0 Å². The number of rotatable bonds is 3. The Morgan fingerprint density at radius 3 is 2.22 bits per heavy atom. The lowest BCUT2D eigenvalue weighted by Gasteiger charge is -2.20. The SMILES string of the molecule is CC(C)(C)NS(=O)(=O)c1ccc(B(O)O)c(F)c1. The third kappa shape index (κ3) is 3.77. The molecule has 0 spiro atoms. The van der Waals surface area contributed by atoms with E-state index in [4.69, 9.17) is 10.0 Å². The van der Waals surface area contributed by atoms with Crippen LogP contribution < -0.4 is 10.2 Å². The Bertz CT molecular complexity index is 539. The van der Waals surface area contributed by atoms with Crippen molar-refractivity contribution in [1.29, 1.82) is 0 Å². The van der Waals surface area contributed by atoms with Gasteiger partial charge in [-0.1, -0.05) is 6.07 Å². The summed E-state index contributed by atoms with van der Waals surface area (Å²) in [6, 6.07) is 2.89. The molecule has 0 aromatic heterocycles. The first-order valence-corrected chi connectivity index (χ1v) is 6.71. The smallest absolute Gasteiger partial charge is 0.423 e. The van der Waals surface area contributed by atoms with Crippen molar-refractivity contribution in [3.8, 4) is 0 Å². The molecule has 0 unspecified atom stereocenters. The third-order valence-corrected chi connectivity index (χ3v) is 3.76. The van der Waals surface area contributed by atoms with Crippen LogP contribution in [0.1, 0.15) is 20.8 Å². The van der Waals surface area contributed by atoms with E-state index in [9.17, 15) is 12.8 Å². The molecule has 18 heavy (non-hydrogen) atoms. The number of hydrogen-bond acceptors (Lipinski definition) is 4. The van der Waals surface area contributed by atoms with Crippen LogP contribution in [0, 0.1) is 5.82 Å². The largest absolute Gasteiger partial charge is 0.491 e. The van der Waals surface area contributed by atoms with Crippen molar-refractivity contribution in [3.63, 3.8) is 0 Å². The molecule has 0 atom stereocenters. The van der Waals surface area contributed by atoms with Crippen molar-refractivity contribution >= 4 is 22.6 Å². The summed E-state index contributed by atoms with van der Waals surface area (Å²) in [5, 5.41) is 17.7. The maximum absolute atomic E-state index is 13.5. The van der Waals surface area contributed by atoms with Gasteiger partial charge in [-0.25, -0.2) is 17.5 Å². The molecule has 0 heterocycles. The van der Waals surface area contributed by atoms with Crippen LogP contribution in [-0.4, -0.2) is 31.1 Å². The van der Waals surface area contributed by atoms with Gasteiger partial charge in [-0.3, -0.25) is 0 Å². The summed E-state index contributed by atoms with van der Waals surface area (Å²) in [5.41, 5.74) is -1.06. The van der Waals surface area contributed by atoms with Gasteiger partial charge < -0.3 is 10.0 Å². The van der Waals surface area contributed by atoms with Gasteiger partial charge in [0.05, 0.1) is 4.90 Å². The molecule has 100 valence electrons. The second-order valence-electron chi connectivity index (χ2n) is 4.91. The highest BCUT2D eigenvalue weighted by atomic mass is 32.2. The first kappa shape index (κ1) is 15.1. The van der Waals surface area contributed by atoms with Crippen molar-refractivity contribution < 1.29 is 22.9 Å². The molecule has 8 heteroatoms. The van der Waals surface area contributed by atoms with Gasteiger partial charge in [0, 0.05) is 11.0 Å². The van der Waals surface area contributed by atoms with E-state index in [2.05, 4.69) is 4.72 Å². The van der Waals surface area contributed by atoms with E-state index in [1.54, 1.807) is 20.8 Å². The minimum absolute atomic E-state index is 0.265. The standard InChI is InChI=1S/C10H15BFNO4S/c1-10(2,3)13-18(16,17)7-4-5-8(11(14)15)9(12)6-7/h4-6,13-15H,1-3H3. The van der Waals surface area contributed by atoms with Gasteiger partial charge in [-0.15, -0.1) is 0 Å². The Morgan fingerprint density at radius 2 is 1.83 bits per heavy atom. The molecule has 0 aliphatic rings. The quantitative estimate of drug-likeness (QED) is 0.654. The van der Waals surface area contributed by atoms with Gasteiger partial charge in [0.1, 0.15) is 5.82 Å². The van der Waals surface area contributed by atoms with E-state index in [0.29, 0.717) is 0 Å². The summed E-state index contributed by atoms with van der Waals surface area (Å²) in [6.45, 7) is 4.98. The maximum Gasteiger partial charge on any atom is 0.491 e. The van der Waals surface area contributed by atoms with E-state index < -0.39 is 28.5 Å². The van der Waals surface area contributed by atoms with Gasteiger partial charge in [0.25, 0.3) is 0 Å². The zero-order valence-electron chi connectivity index (χ0n) is 10.3. The molecule has 0 saturated carbocycles.